The van der Waals surface area contributed by atoms with Crippen LogP contribution < -0.4 is 4.72 Å². The molecular weight excluding hydrogens is 268 g/mol. The number of nitrogens with one attached hydrogen (secondary N) is 1. The first kappa shape index (κ1) is 15.5. The number of carboxylic acid groups (broad SMARTS) is 1. The van der Waals surface area contributed by atoms with Crippen LogP contribution in [-0.2, 0) is 21.4 Å². The van der Waals surface area contributed by atoms with Gasteiger partial charge in [-0.3, -0.25) is 9.52 Å². The summed E-state index contributed by atoms with van der Waals surface area (Å²) in [5.74, 6) is -0.923. The van der Waals surface area contributed by atoms with E-state index in [2.05, 4.69) is 4.72 Å². The van der Waals surface area contributed by atoms with E-state index in [4.69, 9.17) is 5.11 Å². The highest BCUT2D eigenvalue weighted by molar-refractivity contribution is 7.90. The minimum atomic E-state index is -3.58. The summed E-state index contributed by atoms with van der Waals surface area (Å²) in [6.45, 7) is 3.55. The lowest BCUT2D eigenvalue weighted by atomic mass is 10.1. The molecule has 1 rings (SSSR count). The van der Waals surface area contributed by atoms with E-state index in [1.807, 2.05) is 0 Å². The molecule has 0 aliphatic carbocycles. The molecule has 19 heavy (non-hydrogen) atoms. The zero-order valence-electron chi connectivity index (χ0n) is 11.1. The minimum absolute atomic E-state index is 0.0844. The van der Waals surface area contributed by atoms with E-state index < -0.39 is 16.2 Å². The second-order valence-electron chi connectivity index (χ2n) is 4.48. The third kappa shape index (κ3) is 4.53. The van der Waals surface area contributed by atoms with Gasteiger partial charge in [-0.25, -0.2) is 0 Å². The fourth-order valence-electron chi connectivity index (χ4n) is 1.36. The molecule has 0 aromatic heterocycles. The molecule has 0 saturated carbocycles. The molecule has 0 spiro atoms. The maximum Gasteiger partial charge on any atom is 0.307 e. The first-order chi connectivity index (χ1) is 8.72. The predicted octanol–water partition coefficient (Wildman–Crippen LogP) is 1.31. The lowest BCUT2D eigenvalue weighted by Gasteiger charge is -2.21. The lowest BCUT2D eigenvalue weighted by molar-refractivity contribution is -0.136. The molecule has 0 radical (unpaired) electrons. The smallest absolute Gasteiger partial charge is 0.307 e. The van der Waals surface area contributed by atoms with Gasteiger partial charge >= 0.3 is 16.2 Å². The second-order valence-corrected chi connectivity index (χ2v) is 6.21. The van der Waals surface area contributed by atoms with Crippen molar-refractivity contribution >= 4 is 21.9 Å². The van der Waals surface area contributed by atoms with Crippen LogP contribution in [0.3, 0.4) is 0 Å². The van der Waals surface area contributed by atoms with Gasteiger partial charge in [-0.05, 0) is 31.5 Å². The summed E-state index contributed by atoms with van der Waals surface area (Å²) >= 11 is 0. The Morgan fingerprint density at radius 1 is 1.32 bits per heavy atom. The third-order valence-electron chi connectivity index (χ3n) is 2.66. The van der Waals surface area contributed by atoms with E-state index in [0.717, 1.165) is 0 Å². The Hall–Kier alpha value is -1.60. The summed E-state index contributed by atoms with van der Waals surface area (Å²) in [6.07, 6.45) is -0.0844. The number of carbonyl (C=O) groups is 1. The van der Waals surface area contributed by atoms with Gasteiger partial charge < -0.3 is 5.11 Å². The monoisotopic (exact) mass is 286 g/mol. The van der Waals surface area contributed by atoms with Gasteiger partial charge in [0.05, 0.1) is 6.42 Å². The van der Waals surface area contributed by atoms with Gasteiger partial charge in [0.1, 0.15) is 0 Å². The van der Waals surface area contributed by atoms with Crippen LogP contribution in [-0.4, -0.2) is 36.9 Å². The predicted molar refractivity (Wildman–Crippen MR) is 73.2 cm³/mol. The Labute approximate surface area is 113 Å². The van der Waals surface area contributed by atoms with Crippen LogP contribution in [0.2, 0.25) is 0 Å². The number of aliphatic carboxylic acids is 1. The van der Waals surface area contributed by atoms with E-state index in [1.165, 1.54) is 11.4 Å². The molecule has 0 aliphatic heterocycles. The molecule has 0 bridgehead atoms. The van der Waals surface area contributed by atoms with Crippen molar-refractivity contribution in [2.45, 2.75) is 26.3 Å². The number of hydrogen-bond donors (Lipinski definition) is 2. The SMILES string of the molecule is CC(C)N(C)S(=O)(=O)Nc1ccc(CC(=O)O)cc1. The highest BCUT2D eigenvalue weighted by Crippen LogP contribution is 2.14. The first-order valence-corrected chi connectivity index (χ1v) is 7.23. The molecule has 2 N–H and O–H groups in total. The number of nitrogens with zero attached hydrogens (tertiary/aromatic N) is 1. The van der Waals surface area contributed by atoms with Crippen LogP contribution in [0.1, 0.15) is 19.4 Å². The molecule has 0 saturated heterocycles. The van der Waals surface area contributed by atoms with Crippen molar-refractivity contribution in [2.24, 2.45) is 0 Å². The number of benzene rings is 1. The van der Waals surface area contributed by atoms with Gasteiger partial charge in [0.25, 0.3) is 0 Å². The minimum Gasteiger partial charge on any atom is -0.481 e. The summed E-state index contributed by atoms with van der Waals surface area (Å²) in [5.41, 5.74) is 1.02. The average Bonchev–Trinajstić information content (AvgIpc) is 2.29. The summed E-state index contributed by atoms with van der Waals surface area (Å²) in [7, 11) is -2.09. The Morgan fingerprint density at radius 2 is 1.84 bits per heavy atom. The normalized spacial score (nSPS) is 11.8. The summed E-state index contributed by atoms with van der Waals surface area (Å²) in [6, 6.07) is 6.11. The molecule has 6 nitrogen and oxygen atoms in total. The van der Waals surface area contributed by atoms with E-state index in [1.54, 1.807) is 38.1 Å². The largest absolute Gasteiger partial charge is 0.481 e. The third-order valence-corrected chi connectivity index (χ3v) is 4.34. The average molecular weight is 286 g/mol. The molecule has 0 heterocycles. The van der Waals surface area contributed by atoms with Crippen LogP contribution in [0.5, 0.6) is 0 Å². The van der Waals surface area contributed by atoms with Crippen LogP contribution in [0.25, 0.3) is 0 Å². The topological polar surface area (TPSA) is 86.7 Å². The summed E-state index contributed by atoms with van der Waals surface area (Å²) in [4.78, 5) is 10.5. The van der Waals surface area contributed by atoms with Crippen molar-refractivity contribution in [1.82, 2.24) is 4.31 Å². The van der Waals surface area contributed by atoms with Crippen molar-refractivity contribution in [3.8, 4) is 0 Å². The molecule has 0 unspecified atom stereocenters. The van der Waals surface area contributed by atoms with E-state index >= 15 is 0 Å². The lowest BCUT2D eigenvalue weighted by Crippen LogP contribution is -2.37. The molecule has 1 aromatic carbocycles. The quantitative estimate of drug-likeness (QED) is 0.825. The molecule has 106 valence electrons. The van der Waals surface area contributed by atoms with Crippen LogP contribution in [0, 0.1) is 0 Å². The van der Waals surface area contributed by atoms with Crippen molar-refractivity contribution < 1.29 is 18.3 Å². The van der Waals surface area contributed by atoms with Crippen molar-refractivity contribution in [3.63, 3.8) is 0 Å². The number of anilines is 1. The van der Waals surface area contributed by atoms with E-state index in [9.17, 15) is 13.2 Å². The summed E-state index contributed by atoms with van der Waals surface area (Å²) < 4.78 is 27.5. The van der Waals surface area contributed by atoms with Crippen molar-refractivity contribution in [1.29, 1.82) is 0 Å². The Balaban J connectivity index is 2.81. The Kier molecular flexibility index (Phi) is 4.90. The maximum atomic E-state index is 11.9. The Bertz CT molecular complexity index is 537. The number of carboxylic acids is 1. The molecular formula is C12H18N2O4S. The number of rotatable bonds is 6. The fourth-order valence-corrected chi connectivity index (χ4v) is 2.50. The highest BCUT2D eigenvalue weighted by atomic mass is 32.2. The first-order valence-electron chi connectivity index (χ1n) is 5.79. The van der Waals surface area contributed by atoms with Crippen LogP contribution in [0.4, 0.5) is 5.69 Å². The molecule has 0 atom stereocenters. The van der Waals surface area contributed by atoms with E-state index in [-0.39, 0.29) is 12.5 Å². The zero-order valence-corrected chi connectivity index (χ0v) is 11.9. The fraction of sp³-hybridized carbons (Fsp3) is 0.417. The van der Waals surface area contributed by atoms with Gasteiger partial charge in [-0.15, -0.1) is 0 Å². The second kappa shape index (κ2) is 6.03. The van der Waals surface area contributed by atoms with Gasteiger partial charge in [-0.2, -0.15) is 12.7 Å². The molecule has 1 aromatic rings. The van der Waals surface area contributed by atoms with Gasteiger partial charge in [-0.1, -0.05) is 12.1 Å². The van der Waals surface area contributed by atoms with Gasteiger partial charge in [0.15, 0.2) is 0 Å². The van der Waals surface area contributed by atoms with Crippen LogP contribution >= 0.6 is 0 Å². The molecule has 7 heteroatoms. The molecule has 0 amide bonds. The molecule has 0 aliphatic rings. The highest BCUT2D eigenvalue weighted by Gasteiger charge is 2.20. The zero-order chi connectivity index (χ0) is 14.6. The maximum absolute atomic E-state index is 11.9. The standard InChI is InChI=1S/C12H18N2O4S/c1-9(2)14(3)19(17,18)13-11-6-4-10(5-7-11)8-12(15)16/h4-7,9,13H,8H2,1-3H3,(H,15,16). The van der Waals surface area contributed by atoms with Crippen molar-refractivity contribution in [3.05, 3.63) is 29.8 Å². The van der Waals surface area contributed by atoms with Gasteiger partial charge in [0, 0.05) is 18.8 Å². The van der Waals surface area contributed by atoms with Crippen LogP contribution in [0.15, 0.2) is 24.3 Å². The van der Waals surface area contributed by atoms with Crippen molar-refractivity contribution in [2.75, 3.05) is 11.8 Å². The number of hydrogen-bond acceptors (Lipinski definition) is 3. The van der Waals surface area contributed by atoms with Gasteiger partial charge in [0.2, 0.25) is 0 Å². The molecule has 0 fully saturated rings. The van der Waals surface area contributed by atoms with E-state index in [0.29, 0.717) is 11.3 Å². The Morgan fingerprint density at radius 3 is 2.26 bits per heavy atom. The summed E-state index contributed by atoms with van der Waals surface area (Å²) in [5, 5.41) is 8.64.